The van der Waals surface area contributed by atoms with Crippen molar-refractivity contribution >= 4 is 11.9 Å². The van der Waals surface area contributed by atoms with E-state index < -0.39 is 6.10 Å². The Hall–Kier alpha value is -1.10. The third-order valence-corrected chi connectivity index (χ3v) is 9.83. The van der Waals surface area contributed by atoms with E-state index in [0.717, 1.165) is 38.0 Å². The molecule has 0 unspecified atom stereocenters. The Balaban J connectivity index is 3.47. The Labute approximate surface area is 299 Å². The molecule has 0 heterocycles. The third-order valence-electron chi connectivity index (χ3n) is 9.83. The first-order valence-electron chi connectivity index (χ1n) is 21.5. The predicted octanol–water partition coefficient (Wildman–Crippen LogP) is 13.4. The minimum absolute atomic E-state index is 0.0575. The summed E-state index contributed by atoms with van der Waals surface area (Å²) in [4.78, 5) is 24.3. The number of esters is 2. The fourth-order valence-electron chi connectivity index (χ4n) is 6.56. The molecule has 0 saturated carbocycles. The molecule has 0 spiro atoms. The summed E-state index contributed by atoms with van der Waals surface area (Å²) in [6, 6.07) is 0. The summed E-state index contributed by atoms with van der Waals surface area (Å²) in [5.74, 6) is 0.268. The van der Waals surface area contributed by atoms with Crippen molar-refractivity contribution in [3.05, 3.63) is 0 Å². The average molecular weight is 681 g/mol. The topological polar surface area (TPSA) is 72.8 Å². The van der Waals surface area contributed by atoms with Crippen LogP contribution in [0.15, 0.2) is 0 Å². The fourth-order valence-corrected chi connectivity index (χ4v) is 6.56. The molecule has 0 rings (SSSR count). The van der Waals surface area contributed by atoms with Gasteiger partial charge in [0.05, 0.1) is 6.61 Å². The Morgan fingerprint density at radius 1 is 0.458 bits per heavy atom. The number of ether oxygens (including phenoxy) is 2. The molecule has 5 heteroatoms. The van der Waals surface area contributed by atoms with Crippen molar-refractivity contribution in [2.75, 3.05) is 13.2 Å². The Bertz CT molecular complexity index is 664. The summed E-state index contributed by atoms with van der Waals surface area (Å²) in [5.41, 5.74) is 0. The molecule has 0 aliphatic rings. The second-order valence-corrected chi connectivity index (χ2v) is 15.3. The summed E-state index contributed by atoms with van der Waals surface area (Å²) in [6.45, 7) is 6.52. The van der Waals surface area contributed by atoms with Crippen LogP contribution in [-0.4, -0.2) is 36.4 Å². The fraction of sp³-hybridized carbons (Fsp3) is 0.953. The first-order valence-corrected chi connectivity index (χ1v) is 21.5. The van der Waals surface area contributed by atoms with E-state index in [4.69, 9.17) is 9.47 Å². The van der Waals surface area contributed by atoms with E-state index in [1.165, 1.54) is 173 Å². The van der Waals surface area contributed by atoms with Gasteiger partial charge < -0.3 is 14.6 Å². The molecule has 286 valence electrons. The van der Waals surface area contributed by atoms with E-state index in [1.807, 2.05) is 0 Å². The van der Waals surface area contributed by atoms with E-state index >= 15 is 0 Å². The molecule has 0 bridgehead atoms. The van der Waals surface area contributed by atoms with Crippen LogP contribution in [0.25, 0.3) is 0 Å². The highest BCUT2D eigenvalue weighted by Crippen LogP contribution is 2.16. The summed E-state index contributed by atoms with van der Waals surface area (Å²) in [7, 11) is 0. The van der Waals surface area contributed by atoms with Crippen LogP contribution in [-0.2, 0) is 19.1 Å². The first kappa shape index (κ1) is 46.9. The Morgan fingerprint density at radius 3 is 1.10 bits per heavy atom. The van der Waals surface area contributed by atoms with Crippen LogP contribution in [0.1, 0.15) is 239 Å². The molecule has 48 heavy (non-hydrogen) atoms. The van der Waals surface area contributed by atoms with Crippen molar-refractivity contribution in [3.8, 4) is 0 Å². The maximum absolute atomic E-state index is 12.2. The molecule has 0 aliphatic heterocycles. The first-order chi connectivity index (χ1) is 23.5. The van der Waals surface area contributed by atoms with Gasteiger partial charge in [-0.3, -0.25) is 9.59 Å². The number of hydrogen-bond acceptors (Lipinski definition) is 5. The molecule has 0 aromatic carbocycles. The SMILES string of the molecule is CCCCCCCCCCCCCCCCCCCCCC(=O)O[C@@H](CO)COC(=O)CCCCCCCCCCCCCCC(C)C. The van der Waals surface area contributed by atoms with Gasteiger partial charge in [0.25, 0.3) is 0 Å². The minimum Gasteiger partial charge on any atom is -0.462 e. The molecular weight excluding hydrogens is 596 g/mol. The molecule has 0 amide bonds. The van der Waals surface area contributed by atoms with E-state index in [0.29, 0.717) is 12.8 Å². The third kappa shape index (κ3) is 37.7. The molecular formula is C43H84O5. The quantitative estimate of drug-likeness (QED) is 0.0517. The lowest BCUT2D eigenvalue weighted by Gasteiger charge is -2.15. The van der Waals surface area contributed by atoms with Gasteiger partial charge in [0.2, 0.25) is 0 Å². The number of hydrogen-bond donors (Lipinski definition) is 1. The van der Waals surface area contributed by atoms with Gasteiger partial charge in [0.15, 0.2) is 6.10 Å². The highest BCUT2D eigenvalue weighted by atomic mass is 16.6. The van der Waals surface area contributed by atoms with Crippen molar-refractivity contribution < 1.29 is 24.2 Å². The van der Waals surface area contributed by atoms with Crippen LogP contribution in [0, 0.1) is 5.92 Å². The predicted molar refractivity (Wildman–Crippen MR) is 205 cm³/mol. The Kier molecular flexibility index (Phi) is 37.8. The molecule has 1 N–H and O–H groups in total. The number of aliphatic hydroxyl groups excluding tert-OH is 1. The molecule has 0 fully saturated rings. The van der Waals surface area contributed by atoms with Gasteiger partial charge in [-0.15, -0.1) is 0 Å². The normalized spacial score (nSPS) is 12.1. The van der Waals surface area contributed by atoms with Crippen molar-refractivity contribution in [2.24, 2.45) is 5.92 Å². The van der Waals surface area contributed by atoms with Gasteiger partial charge >= 0.3 is 11.9 Å². The second-order valence-electron chi connectivity index (χ2n) is 15.3. The molecule has 0 aromatic rings. The number of rotatable bonds is 39. The lowest BCUT2D eigenvalue weighted by Crippen LogP contribution is -2.28. The summed E-state index contributed by atoms with van der Waals surface area (Å²) >= 11 is 0. The summed E-state index contributed by atoms with van der Waals surface area (Å²) < 4.78 is 10.6. The highest BCUT2D eigenvalue weighted by Gasteiger charge is 2.16. The van der Waals surface area contributed by atoms with Gasteiger partial charge in [-0.05, 0) is 18.8 Å². The maximum Gasteiger partial charge on any atom is 0.306 e. The van der Waals surface area contributed by atoms with Crippen molar-refractivity contribution in [3.63, 3.8) is 0 Å². The highest BCUT2D eigenvalue weighted by molar-refractivity contribution is 5.70. The zero-order chi connectivity index (χ0) is 35.2. The number of aliphatic hydroxyl groups is 1. The van der Waals surface area contributed by atoms with Crippen molar-refractivity contribution in [2.45, 2.75) is 245 Å². The Morgan fingerprint density at radius 2 is 0.771 bits per heavy atom. The molecule has 0 radical (unpaired) electrons. The van der Waals surface area contributed by atoms with Crippen LogP contribution in [0.5, 0.6) is 0 Å². The monoisotopic (exact) mass is 681 g/mol. The van der Waals surface area contributed by atoms with E-state index in [-0.39, 0.29) is 25.2 Å². The van der Waals surface area contributed by atoms with Crippen LogP contribution in [0.4, 0.5) is 0 Å². The molecule has 1 atom stereocenters. The van der Waals surface area contributed by atoms with Gasteiger partial charge in [-0.2, -0.15) is 0 Å². The van der Waals surface area contributed by atoms with Gasteiger partial charge in [0.1, 0.15) is 6.61 Å². The van der Waals surface area contributed by atoms with E-state index in [2.05, 4.69) is 20.8 Å². The molecule has 0 saturated heterocycles. The lowest BCUT2D eigenvalue weighted by atomic mass is 10.0. The lowest BCUT2D eigenvalue weighted by molar-refractivity contribution is -0.161. The smallest absolute Gasteiger partial charge is 0.306 e. The van der Waals surface area contributed by atoms with Gasteiger partial charge in [0, 0.05) is 12.8 Å². The zero-order valence-corrected chi connectivity index (χ0v) is 32.7. The molecule has 5 nitrogen and oxygen atoms in total. The van der Waals surface area contributed by atoms with Crippen molar-refractivity contribution in [1.82, 2.24) is 0 Å². The van der Waals surface area contributed by atoms with Gasteiger partial charge in [-0.1, -0.05) is 213 Å². The van der Waals surface area contributed by atoms with Crippen molar-refractivity contribution in [1.29, 1.82) is 0 Å². The average Bonchev–Trinajstić information content (AvgIpc) is 3.07. The zero-order valence-electron chi connectivity index (χ0n) is 32.7. The number of carbonyl (C=O) groups excluding carboxylic acids is 2. The summed E-state index contributed by atoms with van der Waals surface area (Å²) in [5, 5.41) is 9.57. The number of carbonyl (C=O) groups is 2. The van der Waals surface area contributed by atoms with Crippen LogP contribution < -0.4 is 0 Å². The standard InChI is InChI=1S/C43H84O5/c1-4-5-6-7-8-9-10-11-12-13-14-15-16-17-22-25-28-31-34-37-43(46)48-41(38-44)39-47-42(45)36-33-30-27-24-21-19-18-20-23-26-29-32-35-40(2)3/h40-41,44H,4-39H2,1-3H3/t41-/m0/s1. The maximum atomic E-state index is 12.2. The summed E-state index contributed by atoms with van der Waals surface area (Å²) in [6.07, 6.45) is 41.7. The second kappa shape index (κ2) is 38.7. The minimum atomic E-state index is -0.762. The van der Waals surface area contributed by atoms with E-state index in [9.17, 15) is 14.7 Å². The molecule has 0 aliphatic carbocycles. The van der Waals surface area contributed by atoms with Crippen LogP contribution >= 0.6 is 0 Å². The number of unbranched alkanes of at least 4 members (excludes halogenated alkanes) is 29. The van der Waals surface area contributed by atoms with Gasteiger partial charge in [-0.25, -0.2) is 0 Å². The van der Waals surface area contributed by atoms with Crippen LogP contribution in [0.2, 0.25) is 0 Å². The van der Waals surface area contributed by atoms with Crippen LogP contribution in [0.3, 0.4) is 0 Å². The van der Waals surface area contributed by atoms with E-state index in [1.54, 1.807) is 0 Å². The molecule has 0 aromatic heterocycles. The largest absolute Gasteiger partial charge is 0.462 e.